The van der Waals surface area contributed by atoms with E-state index in [4.69, 9.17) is 0 Å². The zero-order chi connectivity index (χ0) is 13.1. The first-order valence-corrected chi connectivity index (χ1v) is 7.20. The van der Waals surface area contributed by atoms with E-state index in [1.54, 1.807) is 11.8 Å². The number of nitrogens with one attached hydrogen (secondary N) is 1. The highest BCUT2D eigenvalue weighted by molar-refractivity contribution is 7.99. The number of aromatic nitrogens is 1. The molecule has 1 N–H and O–H groups in total. The van der Waals surface area contributed by atoms with Crippen molar-refractivity contribution >= 4 is 23.7 Å². The van der Waals surface area contributed by atoms with Crippen LogP contribution < -0.4 is 5.32 Å². The van der Waals surface area contributed by atoms with Crippen LogP contribution in [0.4, 0.5) is 5.69 Å². The number of thioether (sulfide) groups is 1. The summed E-state index contributed by atoms with van der Waals surface area (Å²) in [5, 5.41) is 3.48. The predicted octanol–water partition coefficient (Wildman–Crippen LogP) is 3.53. The van der Waals surface area contributed by atoms with E-state index in [9.17, 15) is 0 Å². The fourth-order valence-corrected chi connectivity index (χ4v) is 2.88. The van der Waals surface area contributed by atoms with E-state index in [2.05, 4.69) is 34.3 Å². The monoisotopic (exact) mass is 269 g/mol. The summed E-state index contributed by atoms with van der Waals surface area (Å²) >= 11 is 1.74. The molecule has 1 aromatic heterocycles. The van der Waals surface area contributed by atoms with Crippen LogP contribution in [0.25, 0.3) is 0 Å². The van der Waals surface area contributed by atoms with Gasteiger partial charge in [-0.3, -0.25) is 9.98 Å². The molecule has 1 aromatic carbocycles. The van der Waals surface area contributed by atoms with Gasteiger partial charge in [-0.05, 0) is 25.1 Å². The summed E-state index contributed by atoms with van der Waals surface area (Å²) in [6, 6.07) is 14.2. The molecule has 19 heavy (non-hydrogen) atoms. The predicted molar refractivity (Wildman–Crippen MR) is 81.6 cm³/mol. The van der Waals surface area contributed by atoms with Crippen LogP contribution in [0, 0.1) is 0 Å². The van der Waals surface area contributed by atoms with Crippen LogP contribution in [-0.4, -0.2) is 16.2 Å². The Bertz CT molecular complexity index is 597. The van der Waals surface area contributed by atoms with Gasteiger partial charge >= 0.3 is 0 Å². The van der Waals surface area contributed by atoms with E-state index in [1.165, 1.54) is 0 Å². The van der Waals surface area contributed by atoms with Gasteiger partial charge in [0, 0.05) is 29.4 Å². The van der Waals surface area contributed by atoms with Crippen LogP contribution in [0.2, 0.25) is 0 Å². The summed E-state index contributed by atoms with van der Waals surface area (Å²) in [5.41, 5.74) is 3.34. The molecule has 1 aliphatic rings. The van der Waals surface area contributed by atoms with Crippen molar-refractivity contribution in [1.82, 2.24) is 4.98 Å². The molecule has 1 aliphatic heterocycles. The van der Waals surface area contributed by atoms with Gasteiger partial charge in [0.1, 0.15) is 0 Å². The van der Waals surface area contributed by atoms with Gasteiger partial charge in [0.15, 0.2) is 4.99 Å². The molecule has 0 saturated carbocycles. The zero-order valence-electron chi connectivity index (χ0n) is 10.7. The number of benzene rings is 1. The first-order chi connectivity index (χ1) is 9.25. The quantitative estimate of drug-likeness (QED) is 0.926. The van der Waals surface area contributed by atoms with Gasteiger partial charge in [0.25, 0.3) is 0 Å². The van der Waals surface area contributed by atoms with Gasteiger partial charge in [-0.25, -0.2) is 0 Å². The Labute approximate surface area is 117 Å². The minimum Gasteiger partial charge on any atom is -0.352 e. The summed E-state index contributed by atoms with van der Waals surface area (Å²) in [4.78, 5) is 8.63. The van der Waals surface area contributed by atoms with Crippen molar-refractivity contribution < 1.29 is 0 Å². The highest BCUT2D eigenvalue weighted by Gasteiger charge is 2.26. The highest BCUT2D eigenvalue weighted by atomic mass is 32.2. The Hall–Kier alpha value is -1.81. The van der Waals surface area contributed by atoms with Crippen molar-refractivity contribution in [1.29, 1.82) is 0 Å². The van der Waals surface area contributed by atoms with Gasteiger partial charge in [-0.2, -0.15) is 0 Å². The average molecular weight is 269 g/mol. The molecule has 0 saturated heterocycles. The van der Waals surface area contributed by atoms with Crippen molar-refractivity contribution in [2.75, 3.05) is 5.32 Å². The van der Waals surface area contributed by atoms with Gasteiger partial charge in [-0.1, -0.05) is 24.3 Å². The smallest absolute Gasteiger partial charge is 0.174 e. The molecule has 96 valence electrons. The maximum absolute atomic E-state index is 4.62. The van der Waals surface area contributed by atoms with Gasteiger partial charge in [-0.15, -0.1) is 11.8 Å². The number of fused-ring (bicyclic) bond motifs is 1. The van der Waals surface area contributed by atoms with Gasteiger partial charge < -0.3 is 5.32 Å². The van der Waals surface area contributed by atoms with E-state index in [1.807, 2.05) is 42.7 Å². The maximum atomic E-state index is 4.62. The number of aliphatic imine (C=N–C) groups is 1. The van der Waals surface area contributed by atoms with Crippen LogP contribution in [0.3, 0.4) is 0 Å². The third-order valence-corrected chi connectivity index (χ3v) is 4.21. The topological polar surface area (TPSA) is 37.3 Å². The highest BCUT2D eigenvalue weighted by Crippen LogP contribution is 2.34. The normalized spacial score (nSPS) is 20.7. The van der Waals surface area contributed by atoms with E-state index in [-0.39, 0.29) is 4.99 Å². The van der Waals surface area contributed by atoms with Crippen LogP contribution in [0.1, 0.15) is 18.2 Å². The second-order valence-electron chi connectivity index (χ2n) is 4.56. The van der Waals surface area contributed by atoms with E-state index >= 15 is 0 Å². The number of nitrogens with zero attached hydrogens (tertiary/aromatic N) is 2. The average Bonchev–Trinajstić information content (AvgIpc) is 2.46. The SMILES string of the molecule is CC1(SCc2ccccn2)N=Cc2ccccc2N1. The lowest BCUT2D eigenvalue weighted by Crippen LogP contribution is -2.32. The molecule has 2 aromatic rings. The molecule has 0 fully saturated rings. The molecule has 0 spiro atoms. The fourth-order valence-electron chi connectivity index (χ4n) is 1.97. The molecular weight excluding hydrogens is 254 g/mol. The molecular formula is C15H15N3S. The van der Waals surface area contributed by atoms with Crippen LogP contribution >= 0.6 is 11.8 Å². The van der Waals surface area contributed by atoms with Gasteiger partial charge in [0.05, 0.1) is 5.69 Å². The second-order valence-corrected chi connectivity index (χ2v) is 5.94. The Kier molecular flexibility index (Phi) is 3.25. The van der Waals surface area contributed by atoms with Gasteiger partial charge in [0.2, 0.25) is 0 Å². The zero-order valence-corrected chi connectivity index (χ0v) is 11.5. The molecule has 3 nitrogen and oxygen atoms in total. The Morgan fingerprint density at radius 1 is 1.16 bits per heavy atom. The third kappa shape index (κ3) is 2.79. The first kappa shape index (κ1) is 12.2. The molecule has 4 heteroatoms. The molecule has 1 unspecified atom stereocenters. The third-order valence-electron chi connectivity index (χ3n) is 3.00. The number of anilines is 1. The minimum absolute atomic E-state index is 0.328. The molecule has 0 radical (unpaired) electrons. The molecule has 1 atom stereocenters. The lowest BCUT2D eigenvalue weighted by molar-refractivity contribution is 0.774. The molecule has 0 bridgehead atoms. The first-order valence-electron chi connectivity index (χ1n) is 6.21. The Balaban J connectivity index is 1.72. The largest absolute Gasteiger partial charge is 0.352 e. The van der Waals surface area contributed by atoms with Crippen LogP contribution in [-0.2, 0) is 5.75 Å². The number of rotatable bonds is 3. The van der Waals surface area contributed by atoms with Crippen LogP contribution in [0.5, 0.6) is 0 Å². The lowest BCUT2D eigenvalue weighted by atomic mass is 10.1. The number of para-hydroxylation sites is 1. The summed E-state index contributed by atoms with van der Waals surface area (Å²) in [5.74, 6) is 0.837. The summed E-state index contributed by atoms with van der Waals surface area (Å²) in [7, 11) is 0. The van der Waals surface area contributed by atoms with Crippen molar-refractivity contribution in [3.8, 4) is 0 Å². The van der Waals surface area contributed by atoms with E-state index in [0.717, 1.165) is 22.7 Å². The molecule has 0 aliphatic carbocycles. The number of hydrogen-bond donors (Lipinski definition) is 1. The summed E-state index contributed by atoms with van der Waals surface area (Å²) < 4.78 is 0. The summed E-state index contributed by atoms with van der Waals surface area (Å²) in [6.45, 7) is 2.09. The number of pyridine rings is 1. The molecule has 3 rings (SSSR count). The van der Waals surface area contributed by atoms with E-state index < -0.39 is 0 Å². The Morgan fingerprint density at radius 3 is 2.84 bits per heavy atom. The molecule has 2 heterocycles. The second kappa shape index (κ2) is 5.05. The minimum atomic E-state index is -0.328. The van der Waals surface area contributed by atoms with Crippen molar-refractivity contribution in [3.63, 3.8) is 0 Å². The van der Waals surface area contributed by atoms with E-state index in [0.29, 0.717) is 0 Å². The Morgan fingerprint density at radius 2 is 2.00 bits per heavy atom. The lowest BCUT2D eigenvalue weighted by Gasteiger charge is -2.31. The summed E-state index contributed by atoms with van der Waals surface area (Å²) in [6.07, 6.45) is 3.77. The number of hydrogen-bond acceptors (Lipinski definition) is 4. The van der Waals surface area contributed by atoms with Crippen molar-refractivity contribution in [2.24, 2.45) is 4.99 Å². The maximum Gasteiger partial charge on any atom is 0.174 e. The molecule has 0 amide bonds. The van der Waals surface area contributed by atoms with Crippen molar-refractivity contribution in [2.45, 2.75) is 17.7 Å². The van der Waals surface area contributed by atoms with Crippen LogP contribution in [0.15, 0.2) is 53.7 Å². The fraction of sp³-hybridized carbons (Fsp3) is 0.200. The van der Waals surface area contributed by atoms with Crippen molar-refractivity contribution in [3.05, 3.63) is 59.9 Å². The standard InChI is InChI=1S/C15H15N3S/c1-15(19-11-13-7-4-5-9-16-13)17-10-12-6-2-3-8-14(12)18-15/h2-10,18H,11H2,1H3.